The van der Waals surface area contributed by atoms with Crippen LogP contribution in [0.1, 0.15) is 5.56 Å². The Labute approximate surface area is 98.0 Å². The molecule has 0 saturated heterocycles. The second kappa shape index (κ2) is 4.81. The standard InChI is InChI=1S/C12H14BrNO/c1-14(9-13)7-6-10-8-15-12-5-3-2-4-11(10)12/h2-5,8H,6-7,9H2,1H3. The van der Waals surface area contributed by atoms with Gasteiger partial charge in [0.1, 0.15) is 5.58 Å². The van der Waals surface area contributed by atoms with Crippen LogP contribution in [0.4, 0.5) is 0 Å². The van der Waals surface area contributed by atoms with Gasteiger partial charge in [-0.2, -0.15) is 0 Å². The Kier molecular flexibility index (Phi) is 3.44. The zero-order chi connectivity index (χ0) is 10.7. The minimum absolute atomic E-state index is 0.906. The lowest BCUT2D eigenvalue weighted by Gasteiger charge is -2.11. The monoisotopic (exact) mass is 267 g/mol. The Morgan fingerprint density at radius 2 is 2.13 bits per heavy atom. The van der Waals surface area contributed by atoms with Gasteiger partial charge in [-0.3, -0.25) is 4.90 Å². The van der Waals surface area contributed by atoms with Crippen molar-refractivity contribution < 1.29 is 4.42 Å². The van der Waals surface area contributed by atoms with Crippen molar-refractivity contribution in [2.24, 2.45) is 0 Å². The summed E-state index contributed by atoms with van der Waals surface area (Å²) in [6, 6.07) is 8.17. The zero-order valence-electron chi connectivity index (χ0n) is 8.74. The summed E-state index contributed by atoms with van der Waals surface area (Å²) in [7, 11) is 2.09. The maximum atomic E-state index is 5.48. The Morgan fingerprint density at radius 1 is 1.33 bits per heavy atom. The molecule has 1 aromatic heterocycles. The fourth-order valence-corrected chi connectivity index (χ4v) is 1.85. The molecule has 0 bridgehead atoms. The summed E-state index contributed by atoms with van der Waals surface area (Å²) in [6.45, 7) is 1.04. The third-order valence-corrected chi connectivity index (χ3v) is 3.38. The normalized spacial score (nSPS) is 11.4. The number of fused-ring (bicyclic) bond motifs is 1. The van der Waals surface area contributed by atoms with Gasteiger partial charge in [-0.25, -0.2) is 0 Å². The molecule has 80 valence electrons. The number of alkyl halides is 1. The van der Waals surface area contributed by atoms with Gasteiger partial charge >= 0.3 is 0 Å². The van der Waals surface area contributed by atoms with Crippen molar-refractivity contribution in [1.29, 1.82) is 0 Å². The van der Waals surface area contributed by atoms with Crippen molar-refractivity contribution >= 4 is 26.9 Å². The van der Waals surface area contributed by atoms with Crippen LogP contribution >= 0.6 is 15.9 Å². The van der Waals surface area contributed by atoms with E-state index in [-0.39, 0.29) is 0 Å². The molecule has 0 aliphatic heterocycles. The van der Waals surface area contributed by atoms with Gasteiger partial charge in [0.15, 0.2) is 0 Å². The van der Waals surface area contributed by atoms with Gasteiger partial charge in [0.05, 0.1) is 11.7 Å². The lowest BCUT2D eigenvalue weighted by atomic mass is 10.1. The quantitative estimate of drug-likeness (QED) is 0.625. The molecule has 2 rings (SSSR count). The highest BCUT2D eigenvalue weighted by atomic mass is 79.9. The van der Waals surface area contributed by atoms with E-state index < -0.39 is 0 Å². The second-order valence-corrected chi connectivity index (χ2v) is 4.21. The molecule has 0 amide bonds. The lowest BCUT2D eigenvalue weighted by Crippen LogP contribution is -2.18. The third kappa shape index (κ3) is 2.41. The topological polar surface area (TPSA) is 16.4 Å². The first-order valence-electron chi connectivity index (χ1n) is 5.01. The van der Waals surface area contributed by atoms with Crippen LogP contribution in [0.25, 0.3) is 11.0 Å². The Hall–Kier alpha value is -0.800. The van der Waals surface area contributed by atoms with Gasteiger partial charge in [-0.05, 0) is 25.1 Å². The lowest BCUT2D eigenvalue weighted by molar-refractivity contribution is 0.401. The van der Waals surface area contributed by atoms with Crippen molar-refractivity contribution in [3.63, 3.8) is 0 Å². The largest absolute Gasteiger partial charge is 0.464 e. The number of para-hydroxylation sites is 1. The van der Waals surface area contributed by atoms with Crippen LogP contribution < -0.4 is 0 Å². The number of likely N-dealkylation sites (N-methyl/N-ethyl adjacent to an activating group) is 1. The van der Waals surface area contributed by atoms with Crippen LogP contribution in [0, 0.1) is 0 Å². The molecule has 0 atom stereocenters. The van der Waals surface area contributed by atoms with Crippen molar-refractivity contribution in [3.05, 3.63) is 36.1 Å². The molecule has 1 heterocycles. The number of furan rings is 1. The summed E-state index contributed by atoms with van der Waals surface area (Å²) in [4.78, 5) is 2.22. The number of hydrogen-bond donors (Lipinski definition) is 0. The van der Waals surface area contributed by atoms with Gasteiger partial charge in [-0.15, -0.1) is 0 Å². The first-order valence-corrected chi connectivity index (χ1v) is 6.13. The van der Waals surface area contributed by atoms with Gasteiger partial charge < -0.3 is 4.42 Å². The molecule has 2 aromatic rings. The zero-order valence-corrected chi connectivity index (χ0v) is 10.3. The maximum Gasteiger partial charge on any atom is 0.134 e. The number of nitrogens with zero attached hydrogens (tertiary/aromatic N) is 1. The van der Waals surface area contributed by atoms with E-state index in [0.717, 1.165) is 24.0 Å². The SMILES string of the molecule is CN(CBr)CCc1coc2ccccc12. The minimum Gasteiger partial charge on any atom is -0.464 e. The van der Waals surface area contributed by atoms with Gasteiger partial charge in [0, 0.05) is 11.9 Å². The summed E-state index contributed by atoms with van der Waals surface area (Å²) in [5.74, 6) is 0. The van der Waals surface area contributed by atoms with Crippen molar-refractivity contribution in [3.8, 4) is 0 Å². The summed E-state index contributed by atoms with van der Waals surface area (Å²) in [6.07, 6.45) is 2.89. The van der Waals surface area contributed by atoms with Crippen LogP contribution in [0.5, 0.6) is 0 Å². The summed E-state index contributed by atoms with van der Waals surface area (Å²) in [5, 5.41) is 1.24. The van der Waals surface area contributed by atoms with Crippen LogP contribution in [0.2, 0.25) is 0 Å². The van der Waals surface area contributed by atoms with Crippen LogP contribution in [-0.4, -0.2) is 23.9 Å². The average Bonchev–Trinajstić information content (AvgIpc) is 2.69. The highest BCUT2D eigenvalue weighted by molar-refractivity contribution is 9.09. The van der Waals surface area contributed by atoms with Gasteiger partial charge in [0.25, 0.3) is 0 Å². The molecule has 15 heavy (non-hydrogen) atoms. The first kappa shape index (κ1) is 10.7. The van der Waals surface area contributed by atoms with Crippen LogP contribution in [0.15, 0.2) is 34.9 Å². The minimum atomic E-state index is 0.906. The van der Waals surface area contributed by atoms with Crippen LogP contribution in [0.3, 0.4) is 0 Å². The van der Waals surface area contributed by atoms with E-state index in [0.29, 0.717) is 0 Å². The van der Waals surface area contributed by atoms with Gasteiger partial charge in [0.2, 0.25) is 0 Å². The molecule has 2 nitrogen and oxygen atoms in total. The predicted octanol–water partition coefficient (Wildman–Crippen LogP) is 3.26. The molecule has 0 spiro atoms. The van der Waals surface area contributed by atoms with E-state index in [4.69, 9.17) is 4.42 Å². The molecule has 0 aliphatic rings. The number of rotatable bonds is 4. The molecule has 1 aromatic carbocycles. The third-order valence-electron chi connectivity index (χ3n) is 2.53. The Balaban J connectivity index is 2.14. The van der Waals surface area contributed by atoms with Crippen molar-refractivity contribution in [2.45, 2.75) is 6.42 Å². The number of benzene rings is 1. The Bertz CT molecular complexity index is 438. The van der Waals surface area contributed by atoms with E-state index in [1.807, 2.05) is 18.4 Å². The van der Waals surface area contributed by atoms with E-state index in [1.165, 1.54) is 10.9 Å². The number of halogens is 1. The Morgan fingerprint density at radius 3 is 2.93 bits per heavy atom. The van der Waals surface area contributed by atoms with Crippen molar-refractivity contribution in [1.82, 2.24) is 4.90 Å². The highest BCUT2D eigenvalue weighted by Gasteiger charge is 2.05. The highest BCUT2D eigenvalue weighted by Crippen LogP contribution is 2.21. The summed E-state index contributed by atoms with van der Waals surface area (Å²) < 4.78 is 5.48. The molecule has 0 unspecified atom stereocenters. The molecule has 0 radical (unpaired) electrons. The summed E-state index contributed by atoms with van der Waals surface area (Å²) >= 11 is 3.43. The maximum absolute atomic E-state index is 5.48. The van der Waals surface area contributed by atoms with E-state index in [2.05, 4.69) is 40.0 Å². The molecular formula is C12H14BrNO. The fraction of sp³-hybridized carbons (Fsp3) is 0.333. The van der Waals surface area contributed by atoms with Crippen molar-refractivity contribution in [2.75, 3.05) is 19.0 Å². The average molecular weight is 268 g/mol. The fourth-order valence-electron chi connectivity index (χ4n) is 1.60. The van der Waals surface area contributed by atoms with E-state index in [9.17, 15) is 0 Å². The van der Waals surface area contributed by atoms with Crippen LogP contribution in [-0.2, 0) is 6.42 Å². The molecule has 0 fully saturated rings. The first-order chi connectivity index (χ1) is 7.31. The molecule has 0 N–H and O–H groups in total. The predicted molar refractivity (Wildman–Crippen MR) is 66.3 cm³/mol. The van der Waals surface area contributed by atoms with E-state index >= 15 is 0 Å². The molecule has 3 heteroatoms. The molecular weight excluding hydrogens is 254 g/mol. The summed E-state index contributed by atoms with van der Waals surface area (Å²) in [5.41, 5.74) is 3.18. The molecule has 0 saturated carbocycles. The second-order valence-electron chi connectivity index (χ2n) is 3.71. The van der Waals surface area contributed by atoms with E-state index in [1.54, 1.807) is 0 Å². The number of hydrogen-bond acceptors (Lipinski definition) is 2. The molecule has 0 aliphatic carbocycles. The van der Waals surface area contributed by atoms with Gasteiger partial charge in [-0.1, -0.05) is 34.1 Å². The smallest absolute Gasteiger partial charge is 0.134 e.